The molecule has 0 atom stereocenters. The monoisotopic (exact) mass is 311 g/mol. The summed E-state index contributed by atoms with van der Waals surface area (Å²) in [7, 11) is 0. The molecule has 1 heterocycles. The predicted octanol–water partition coefficient (Wildman–Crippen LogP) is 4.39. The van der Waals surface area contributed by atoms with Crippen LogP contribution in [0.5, 0.6) is 0 Å². The van der Waals surface area contributed by atoms with Gasteiger partial charge in [-0.15, -0.1) is 5.10 Å². The Morgan fingerprint density at radius 3 is 2.41 bits per heavy atom. The maximum absolute atomic E-state index is 11.0. The molecule has 0 unspecified atom stereocenters. The molecule has 0 saturated carbocycles. The molecule has 2 rings (SSSR count). The fourth-order valence-electron chi connectivity index (χ4n) is 1.09. The Morgan fingerprint density at radius 2 is 1.82 bits per heavy atom. The van der Waals surface area contributed by atoms with Crippen LogP contribution in [0.1, 0.15) is 0 Å². The highest BCUT2D eigenvalue weighted by Crippen LogP contribution is 2.55. The summed E-state index contributed by atoms with van der Waals surface area (Å²) >= 11 is 16.4. The largest absolute Gasteiger partial charge is 0.403 e. The molecule has 2 aromatic rings. The normalized spacial score (nSPS) is 11.5. The van der Waals surface area contributed by atoms with E-state index in [1.807, 2.05) is 0 Å². The summed E-state index contributed by atoms with van der Waals surface area (Å²) in [5.41, 5.74) is 0.675. The summed E-state index contributed by atoms with van der Waals surface area (Å²) in [4.78, 5) is 0. The molecule has 90 valence electrons. The van der Waals surface area contributed by atoms with Gasteiger partial charge < -0.3 is 4.42 Å². The lowest BCUT2D eigenvalue weighted by Gasteiger charge is -1.99. The van der Waals surface area contributed by atoms with E-state index in [2.05, 4.69) is 15.3 Å². The minimum atomic E-state index is -3.50. The van der Waals surface area contributed by atoms with Crippen molar-refractivity contribution in [1.82, 2.24) is 10.2 Å². The molecule has 5 nitrogen and oxygen atoms in total. The summed E-state index contributed by atoms with van der Waals surface area (Å²) < 4.78 is 16.2. The van der Waals surface area contributed by atoms with Crippen molar-refractivity contribution in [3.05, 3.63) is 29.3 Å². The van der Waals surface area contributed by atoms with E-state index in [0.29, 0.717) is 10.6 Å². The maximum Gasteiger partial charge on any atom is 0.346 e. The first-order chi connectivity index (χ1) is 7.94. The van der Waals surface area contributed by atoms with Crippen LogP contribution in [0.2, 0.25) is 5.02 Å². The number of anilines is 1. The number of halogens is 3. The van der Waals surface area contributed by atoms with E-state index in [9.17, 15) is 4.57 Å². The van der Waals surface area contributed by atoms with Crippen LogP contribution < -0.4 is 5.09 Å². The Labute approximate surface area is 111 Å². The van der Waals surface area contributed by atoms with E-state index in [0.717, 1.165) is 0 Å². The second-order valence-corrected chi connectivity index (χ2v) is 7.95. The van der Waals surface area contributed by atoms with Crippen LogP contribution in [0.3, 0.4) is 0 Å². The standard InChI is InChI=1S/C8H5Cl3N3O2P/c9-6-3-1-5(2-4-6)7-12-13-8(16-7)14-17(10,11)15/h1-4H,(H,13,14,15). The SMILES string of the molecule is O=P(Cl)(Cl)Nc1nnc(-c2ccc(Cl)cc2)o1. The minimum absolute atomic E-state index is 0.108. The zero-order valence-corrected chi connectivity index (χ0v) is 11.3. The topological polar surface area (TPSA) is 68.0 Å². The second-order valence-electron chi connectivity index (χ2n) is 2.99. The molecular weight excluding hydrogens is 307 g/mol. The average molecular weight is 312 g/mol. The molecule has 17 heavy (non-hydrogen) atoms. The number of hydrogen-bond donors (Lipinski definition) is 1. The van der Waals surface area contributed by atoms with E-state index in [1.54, 1.807) is 24.3 Å². The first-order valence-corrected chi connectivity index (χ1v) is 8.20. The molecule has 0 spiro atoms. The summed E-state index contributed by atoms with van der Waals surface area (Å²) in [6.07, 6.45) is 0. The maximum atomic E-state index is 11.0. The van der Waals surface area contributed by atoms with Crippen LogP contribution in [-0.2, 0) is 4.57 Å². The van der Waals surface area contributed by atoms with Gasteiger partial charge in [-0.05, 0) is 46.7 Å². The van der Waals surface area contributed by atoms with Crippen molar-refractivity contribution in [3.63, 3.8) is 0 Å². The van der Waals surface area contributed by atoms with Crippen molar-refractivity contribution < 1.29 is 8.98 Å². The van der Waals surface area contributed by atoms with Crippen LogP contribution in [0.4, 0.5) is 6.01 Å². The Hall–Kier alpha value is -0.740. The minimum Gasteiger partial charge on any atom is -0.403 e. The molecule has 1 N–H and O–H groups in total. The van der Waals surface area contributed by atoms with Crippen LogP contribution in [-0.4, -0.2) is 10.2 Å². The fraction of sp³-hybridized carbons (Fsp3) is 0. The molecule has 1 aromatic carbocycles. The molecule has 0 bridgehead atoms. The quantitative estimate of drug-likeness (QED) is 0.851. The van der Waals surface area contributed by atoms with Crippen LogP contribution in [0, 0.1) is 0 Å². The third kappa shape index (κ3) is 3.61. The van der Waals surface area contributed by atoms with Crippen LogP contribution in [0.15, 0.2) is 28.7 Å². The van der Waals surface area contributed by atoms with Crippen LogP contribution >= 0.6 is 40.1 Å². The van der Waals surface area contributed by atoms with Gasteiger partial charge in [-0.3, -0.25) is 9.65 Å². The number of hydrogen-bond acceptors (Lipinski definition) is 4. The van der Waals surface area contributed by atoms with Crippen LogP contribution in [0.25, 0.3) is 11.5 Å². The molecule has 0 aliphatic carbocycles. The lowest BCUT2D eigenvalue weighted by molar-refractivity contribution is 0.579. The van der Waals surface area contributed by atoms with Gasteiger partial charge in [0.05, 0.1) is 0 Å². The van der Waals surface area contributed by atoms with E-state index >= 15 is 0 Å². The molecule has 0 saturated heterocycles. The van der Waals surface area contributed by atoms with Crippen molar-refractivity contribution in [2.75, 3.05) is 5.09 Å². The Bertz CT molecular complexity index is 566. The highest BCUT2D eigenvalue weighted by Gasteiger charge is 2.18. The molecule has 9 heteroatoms. The fourth-order valence-corrected chi connectivity index (χ4v) is 1.96. The van der Waals surface area contributed by atoms with Gasteiger partial charge >= 0.3 is 12.0 Å². The third-order valence-electron chi connectivity index (χ3n) is 1.74. The van der Waals surface area contributed by atoms with Gasteiger partial charge in [-0.2, -0.15) is 0 Å². The van der Waals surface area contributed by atoms with Crippen molar-refractivity contribution in [2.45, 2.75) is 0 Å². The summed E-state index contributed by atoms with van der Waals surface area (Å²) in [6, 6.07) is 6.68. The number of nitrogens with one attached hydrogen (secondary N) is 1. The zero-order chi connectivity index (χ0) is 12.5. The van der Waals surface area contributed by atoms with Gasteiger partial charge in [0.15, 0.2) is 0 Å². The van der Waals surface area contributed by atoms with Gasteiger partial charge in [-0.1, -0.05) is 16.7 Å². The van der Waals surface area contributed by atoms with Gasteiger partial charge in [0.1, 0.15) is 0 Å². The molecule has 0 fully saturated rings. The zero-order valence-electron chi connectivity index (χ0n) is 8.10. The predicted molar refractivity (Wildman–Crippen MR) is 67.7 cm³/mol. The number of benzene rings is 1. The number of aromatic nitrogens is 2. The third-order valence-corrected chi connectivity index (χ3v) is 2.95. The van der Waals surface area contributed by atoms with E-state index in [-0.39, 0.29) is 11.9 Å². The first kappa shape index (κ1) is 12.7. The van der Waals surface area contributed by atoms with E-state index in [1.165, 1.54) is 0 Å². The summed E-state index contributed by atoms with van der Waals surface area (Å²) in [5, 5.41) is 10.1. The van der Waals surface area contributed by atoms with Crippen molar-refractivity contribution >= 4 is 46.1 Å². The van der Waals surface area contributed by atoms with Gasteiger partial charge in [0.2, 0.25) is 5.89 Å². The highest BCUT2D eigenvalue weighted by molar-refractivity contribution is 8.09. The molecule has 1 aromatic heterocycles. The second kappa shape index (κ2) is 4.86. The number of rotatable bonds is 3. The average Bonchev–Trinajstić information content (AvgIpc) is 2.64. The number of nitrogens with zero attached hydrogens (tertiary/aromatic N) is 2. The van der Waals surface area contributed by atoms with Gasteiger partial charge in [0, 0.05) is 10.6 Å². The molecule has 0 amide bonds. The summed E-state index contributed by atoms with van der Waals surface area (Å²) in [5.74, 6) is -3.25. The lowest BCUT2D eigenvalue weighted by Crippen LogP contribution is -1.85. The van der Waals surface area contributed by atoms with Crippen molar-refractivity contribution in [1.29, 1.82) is 0 Å². The van der Waals surface area contributed by atoms with Crippen molar-refractivity contribution in [2.24, 2.45) is 0 Å². The van der Waals surface area contributed by atoms with Gasteiger partial charge in [-0.25, -0.2) is 0 Å². The highest BCUT2D eigenvalue weighted by atomic mass is 35.9. The Kier molecular flexibility index (Phi) is 3.64. The van der Waals surface area contributed by atoms with Gasteiger partial charge in [0.25, 0.3) is 0 Å². The summed E-state index contributed by atoms with van der Waals surface area (Å²) in [6.45, 7) is 0. The lowest BCUT2D eigenvalue weighted by atomic mass is 10.2. The Balaban J connectivity index is 2.24. The molecule has 0 aliphatic rings. The van der Waals surface area contributed by atoms with Crippen molar-refractivity contribution in [3.8, 4) is 11.5 Å². The Morgan fingerprint density at radius 1 is 1.18 bits per heavy atom. The van der Waals surface area contributed by atoms with E-state index < -0.39 is 6.00 Å². The smallest absolute Gasteiger partial charge is 0.346 e. The first-order valence-electron chi connectivity index (χ1n) is 4.31. The molecule has 0 aliphatic heterocycles. The molecular formula is C8H5Cl3N3O2P. The van der Waals surface area contributed by atoms with E-state index in [4.69, 9.17) is 38.5 Å². The molecule has 0 radical (unpaired) electrons.